The molecule has 0 aliphatic heterocycles. The molecule has 0 fully saturated rings. The van der Waals surface area contributed by atoms with Gasteiger partial charge in [0.1, 0.15) is 5.15 Å². The van der Waals surface area contributed by atoms with Crippen LogP contribution in [0.4, 0.5) is 0 Å². The predicted molar refractivity (Wildman–Crippen MR) is 61.2 cm³/mol. The fourth-order valence-electron chi connectivity index (χ4n) is 0.905. The normalized spacial score (nSPS) is 10.4. The summed E-state index contributed by atoms with van der Waals surface area (Å²) in [6.45, 7) is 0. The number of rotatable bonds is 2. The highest BCUT2D eigenvalue weighted by atomic mass is 79.9. The molecule has 0 radical (unpaired) electrons. The Hall–Kier alpha value is -0.130. The Morgan fingerprint density at radius 1 is 1.64 bits per heavy atom. The second-order valence-corrected chi connectivity index (χ2v) is 5.83. The molecule has 76 valence electrons. The number of halogens is 3. The van der Waals surface area contributed by atoms with Crippen LogP contribution in [0.1, 0.15) is 19.7 Å². The number of hydrogen-bond acceptors (Lipinski definition) is 3. The fraction of sp³-hybridized carbons (Fsp3) is 0.250. The second-order valence-electron chi connectivity index (χ2n) is 2.39. The lowest BCUT2D eigenvalue weighted by Crippen LogP contribution is -2.06. The Kier molecular flexibility index (Phi) is 4.34. The molecule has 6 heteroatoms. The van der Waals surface area contributed by atoms with E-state index in [4.69, 9.17) is 11.6 Å². The summed E-state index contributed by atoms with van der Waals surface area (Å²) in [5.41, 5.74) is 1.08. The van der Waals surface area contributed by atoms with Gasteiger partial charge in [0.2, 0.25) is 0 Å². The molecule has 3 nitrogen and oxygen atoms in total. The van der Waals surface area contributed by atoms with Crippen molar-refractivity contribution in [2.75, 3.05) is 7.11 Å². The van der Waals surface area contributed by atoms with Crippen molar-refractivity contribution < 1.29 is 9.53 Å². The highest BCUT2D eigenvalue weighted by Gasteiger charge is 2.16. The summed E-state index contributed by atoms with van der Waals surface area (Å²) in [5, 5.41) is 0.330. The van der Waals surface area contributed by atoms with Gasteiger partial charge in [-0.2, -0.15) is 0 Å². The van der Waals surface area contributed by atoms with Gasteiger partial charge >= 0.3 is 5.97 Å². The Labute approximate surface area is 103 Å². The predicted octanol–water partition coefficient (Wildman–Crippen LogP) is 3.31. The summed E-state index contributed by atoms with van der Waals surface area (Å²) in [7, 11) is 1.32. The first-order valence-electron chi connectivity index (χ1n) is 3.58. The average Bonchev–Trinajstić information content (AvgIpc) is 2.16. The van der Waals surface area contributed by atoms with Gasteiger partial charge in [0.25, 0.3) is 0 Å². The van der Waals surface area contributed by atoms with E-state index in [1.165, 1.54) is 13.3 Å². The first-order chi connectivity index (χ1) is 6.56. The van der Waals surface area contributed by atoms with Gasteiger partial charge in [-0.25, -0.2) is 9.78 Å². The van der Waals surface area contributed by atoms with Crippen LogP contribution in [0.5, 0.6) is 0 Å². The lowest BCUT2D eigenvalue weighted by atomic mass is 10.2. The van der Waals surface area contributed by atoms with Crippen LogP contribution in [-0.2, 0) is 4.74 Å². The Bertz CT molecular complexity index is 357. The number of carbonyl (C=O) groups excluding carboxylic acids is 1. The molecule has 0 spiro atoms. The molecule has 0 amide bonds. The van der Waals surface area contributed by atoms with Crippen molar-refractivity contribution in [1.29, 1.82) is 0 Å². The van der Waals surface area contributed by atoms with Crippen LogP contribution in [0.15, 0.2) is 12.3 Å². The molecule has 0 aliphatic rings. The smallest absolute Gasteiger partial charge is 0.339 e. The molecule has 0 atom stereocenters. The second kappa shape index (κ2) is 5.09. The van der Waals surface area contributed by atoms with Crippen LogP contribution in [0.2, 0.25) is 5.15 Å². The summed E-state index contributed by atoms with van der Waals surface area (Å²) in [5.74, 6) is -0.437. The zero-order valence-corrected chi connectivity index (χ0v) is 11.1. The zero-order chi connectivity index (χ0) is 10.7. The van der Waals surface area contributed by atoms with Crippen molar-refractivity contribution in [2.45, 2.75) is 3.74 Å². The molecule has 0 bridgehead atoms. The number of pyridine rings is 1. The molecule has 0 saturated carbocycles. The standard InChI is InChI=1S/C8H6Br2ClNO2/c1-14-8(13)5-3-12-6(11)2-4(5)7(9)10/h2-3,7H,1H3. The Morgan fingerprint density at radius 3 is 2.79 bits per heavy atom. The number of hydrogen-bond donors (Lipinski definition) is 0. The molecule has 1 heterocycles. The summed E-state index contributed by atoms with van der Waals surface area (Å²) in [4.78, 5) is 15.1. The van der Waals surface area contributed by atoms with E-state index in [0.29, 0.717) is 16.3 Å². The van der Waals surface area contributed by atoms with Crippen LogP contribution < -0.4 is 0 Å². The minimum atomic E-state index is -0.437. The zero-order valence-electron chi connectivity index (χ0n) is 7.13. The topological polar surface area (TPSA) is 39.2 Å². The van der Waals surface area contributed by atoms with Gasteiger partial charge in [-0.1, -0.05) is 43.5 Å². The van der Waals surface area contributed by atoms with Crippen LogP contribution in [0, 0.1) is 0 Å². The fourth-order valence-corrected chi connectivity index (χ4v) is 1.83. The van der Waals surface area contributed by atoms with E-state index in [-0.39, 0.29) is 3.74 Å². The van der Waals surface area contributed by atoms with Gasteiger partial charge in [0, 0.05) is 6.20 Å². The van der Waals surface area contributed by atoms with E-state index in [2.05, 4.69) is 41.6 Å². The molecule has 0 aromatic carbocycles. The number of carbonyl (C=O) groups is 1. The van der Waals surface area contributed by atoms with Crippen molar-refractivity contribution in [3.63, 3.8) is 0 Å². The van der Waals surface area contributed by atoms with Crippen LogP contribution in [0.3, 0.4) is 0 Å². The first-order valence-corrected chi connectivity index (χ1v) is 5.79. The van der Waals surface area contributed by atoms with Crippen LogP contribution >= 0.6 is 43.5 Å². The van der Waals surface area contributed by atoms with Gasteiger partial charge in [-0.3, -0.25) is 0 Å². The van der Waals surface area contributed by atoms with Gasteiger partial charge in [0.15, 0.2) is 0 Å². The van der Waals surface area contributed by atoms with Crippen molar-refractivity contribution in [3.05, 3.63) is 28.5 Å². The van der Waals surface area contributed by atoms with Gasteiger partial charge in [0.05, 0.1) is 16.4 Å². The van der Waals surface area contributed by atoms with Gasteiger partial charge in [-0.05, 0) is 11.6 Å². The van der Waals surface area contributed by atoms with Gasteiger partial charge < -0.3 is 4.74 Å². The lowest BCUT2D eigenvalue weighted by Gasteiger charge is -2.08. The van der Waals surface area contributed by atoms with Gasteiger partial charge in [-0.15, -0.1) is 0 Å². The monoisotopic (exact) mass is 341 g/mol. The maximum atomic E-state index is 11.3. The third-order valence-corrected chi connectivity index (χ3v) is 2.74. The van der Waals surface area contributed by atoms with E-state index in [0.717, 1.165) is 0 Å². The molecule has 1 aromatic heterocycles. The van der Waals surface area contributed by atoms with Crippen LogP contribution in [-0.4, -0.2) is 18.1 Å². The van der Waals surface area contributed by atoms with E-state index in [1.807, 2.05) is 0 Å². The lowest BCUT2D eigenvalue weighted by molar-refractivity contribution is 0.0599. The molecule has 14 heavy (non-hydrogen) atoms. The van der Waals surface area contributed by atoms with E-state index in [1.54, 1.807) is 6.07 Å². The van der Waals surface area contributed by atoms with E-state index in [9.17, 15) is 4.79 Å². The number of esters is 1. The van der Waals surface area contributed by atoms with Crippen LogP contribution in [0.25, 0.3) is 0 Å². The molecule has 0 saturated heterocycles. The molecule has 1 rings (SSSR count). The molecule has 1 aromatic rings. The SMILES string of the molecule is COC(=O)c1cnc(Cl)cc1C(Br)Br. The minimum absolute atomic E-state index is 0.162. The summed E-state index contributed by atoms with van der Waals surface area (Å²) >= 11 is 12.3. The van der Waals surface area contributed by atoms with Crippen molar-refractivity contribution in [3.8, 4) is 0 Å². The minimum Gasteiger partial charge on any atom is -0.465 e. The highest BCUT2D eigenvalue weighted by Crippen LogP contribution is 2.32. The number of aromatic nitrogens is 1. The molecule has 0 unspecified atom stereocenters. The number of alkyl halides is 2. The van der Waals surface area contributed by atoms with E-state index < -0.39 is 5.97 Å². The van der Waals surface area contributed by atoms with E-state index >= 15 is 0 Å². The number of nitrogens with zero attached hydrogens (tertiary/aromatic N) is 1. The molecular formula is C8H6Br2ClNO2. The Balaban J connectivity index is 3.21. The maximum Gasteiger partial charge on any atom is 0.339 e. The summed E-state index contributed by atoms with van der Waals surface area (Å²) in [6.07, 6.45) is 1.39. The Morgan fingerprint density at radius 2 is 2.29 bits per heavy atom. The maximum absolute atomic E-state index is 11.3. The summed E-state index contributed by atoms with van der Waals surface area (Å²) < 4.78 is 4.44. The average molecular weight is 343 g/mol. The highest BCUT2D eigenvalue weighted by molar-refractivity contribution is 9.24. The van der Waals surface area contributed by atoms with Crippen molar-refractivity contribution in [1.82, 2.24) is 4.98 Å². The van der Waals surface area contributed by atoms with Crippen molar-refractivity contribution >= 4 is 49.4 Å². The summed E-state index contributed by atoms with van der Waals surface area (Å²) in [6, 6.07) is 1.60. The largest absolute Gasteiger partial charge is 0.465 e. The molecule has 0 N–H and O–H groups in total. The number of ether oxygens (including phenoxy) is 1. The third kappa shape index (κ3) is 2.68. The third-order valence-electron chi connectivity index (χ3n) is 1.54. The number of methoxy groups -OCH3 is 1. The molecular weight excluding hydrogens is 337 g/mol. The van der Waals surface area contributed by atoms with Crippen molar-refractivity contribution in [2.24, 2.45) is 0 Å². The molecule has 0 aliphatic carbocycles. The first kappa shape index (κ1) is 11.9. The quantitative estimate of drug-likeness (QED) is 0.470.